The molecule has 7 nitrogen and oxygen atoms in total. The van der Waals surface area contributed by atoms with E-state index in [1.54, 1.807) is 0 Å². The van der Waals surface area contributed by atoms with Crippen LogP contribution in [0.1, 0.15) is 17.3 Å². The lowest BCUT2D eigenvalue weighted by Crippen LogP contribution is -2.16. The molecule has 0 atom stereocenters. The standard InChI is InChI=1S/C10H13N5O2/c1-5-6(2)17-7(15-5)3-12-9-8(11)10(16)14-4-13-9/h4H,3,11H2,1-2H3,(H2,12,13,14,16). The van der Waals surface area contributed by atoms with Crippen LogP contribution in [0, 0.1) is 13.8 Å². The molecule has 0 aliphatic rings. The monoisotopic (exact) mass is 235 g/mol. The van der Waals surface area contributed by atoms with Crippen molar-refractivity contribution >= 4 is 11.5 Å². The van der Waals surface area contributed by atoms with Gasteiger partial charge in [0, 0.05) is 0 Å². The first-order valence-electron chi connectivity index (χ1n) is 5.08. The van der Waals surface area contributed by atoms with E-state index >= 15 is 0 Å². The summed E-state index contributed by atoms with van der Waals surface area (Å²) in [6.07, 6.45) is 1.28. The summed E-state index contributed by atoms with van der Waals surface area (Å²) in [6, 6.07) is 0. The van der Waals surface area contributed by atoms with E-state index in [9.17, 15) is 4.79 Å². The fraction of sp³-hybridized carbons (Fsp3) is 0.300. The van der Waals surface area contributed by atoms with Crippen LogP contribution in [0.4, 0.5) is 11.5 Å². The van der Waals surface area contributed by atoms with E-state index < -0.39 is 0 Å². The lowest BCUT2D eigenvalue weighted by Gasteiger charge is -2.04. The number of oxazole rings is 1. The van der Waals surface area contributed by atoms with Gasteiger partial charge in [0.2, 0.25) is 5.89 Å². The highest BCUT2D eigenvalue weighted by atomic mass is 16.4. The quantitative estimate of drug-likeness (QED) is 0.717. The summed E-state index contributed by atoms with van der Waals surface area (Å²) in [7, 11) is 0. The number of hydrogen-bond donors (Lipinski definition) is 3. The van der Waals surface area contributed by atoms with Crippen molar-refractivity contribution in [1.82, 2.24) is 15.0 Å². The Kier molecular flexibility index (Phi) is 2.82. The van der Waals surface area contributed by atoms with Crippen LogP contribution >= 0.6 is 0 Å². The van der Waals surface area contributed by atoms with Crippen LogP contribution in [-0.2, 0) is 6.54 Å². The number of aromatic nitrogens is 3. The molecule has 0 unspecified atom stereocenters. The Morgan fingerprint density at radius 3 is 2.94 bits per heavy atom. The molecular weight excluding hydrogens is 222 g/mol. The minimum Gasteiger partial charge on any atom is -0.444 e. The Morgan fingerprint density at radius 1 is 1.53 bits per heavy atom. The molecule has 4 N–H and O–H groups in total. The second kappa shape index (κ2) is 4.28. The number of nitrogens with one attached hydrogen (secondary N) is 2. The lowest BCUT2D eigenvalue weighted by atomic mass is 10.4. The maximum atomic E-state index is 11.2. The molecule has 2 aromatic rings. The predicted octanol–water partition coefficient (Wildman–Crippen LogP) is 0.569. The summed E-state index contributed by atoms with van der Waals surface area (Å²) in [6.45, 7) is 4.03. The Bertz CT molecular complexity index is 567. The van der Waals surface area contributed by atoms with E-state index in [-0.39, 0.29) is 11.2 Å². The van der Waals surface area contributed by atoms with Crippen molar-refractivity contribution in [3.05, 3.63) is 34.0 Å². The van der Waals surface area contributed by atoms with E-state index in [1.807, 2.05) is 13.8 Å². The minimum absolute atomic E-state index is 0.0486. The molecule has 90 valence electrons. The Labute approximate surface area is 97.1 Å². The second-order valence-electron chi connectivity index (χ2n) is 3.60. The molecule has 0 radical (unpaired) electrons. The van der Waals surface area contributed by atoms with Gasteiger partial charge in [-0.15, -0.1) is 0 Å². The van der Waals surface area contributed by atoms with Crippen LogP contribution < -0.4 is 16.6 Å². The molecule has 7 heteroatoms. The Balaban J connectivity index is 2.12. The van der Waals surface area contributed by atoms with Gasteiger partial charge in [0.05, 0.1) is 18.6 Å². The zero-order chi connectivity index (χ0) is 12.4. The number of anilines is 2. The molecule has 0 fully saturated rings. The lowest BCUT2D eigenvalue weighted by molar-refractivity contribution is 0.478. The first-order chi connectivity index (χ1) is 8.08. The van der Waals surface area contributed by atoms with E-state index in [4.69, 9.17) is 10.2 Å². The molecule has 0 aliphatic heterocycles. The van der Waals surface area contributed by atoms with Crippen molar-refractivity contribution in [1.29, 1.82) is 0 Å². The van der Waals surface area contributed by atoms with Gasteiger partial charge in [-0.1, -0.05) is 0 Å². The molecule has 2 rings (SSSR count). The third-order valence-corrected chi connectivity index (χ3v) is 2.37. The third kappa shape index (κ3) is 2.27. The first-order valence-corrected chi connectivity index (χ1v) is 5.08. The molecule has 0 bridgehead atoms. The molecule has 0 saturated heterocycles. The molecule has 0 saturated carbocycles. The number of nitrogen functional groups attached to an aromatic ring is 1. The van der Waals surface area contributed by atoms with E-state index in [1.165, 1.54) is 6.33 Å². The van der Waals surface area contributed by atoms with Crippen molar-refractivity contribution in [3.8, 4) is 0 Å². The van der Waals surface area contributed by atoms with Crippen molar-refractivity contribution < 1.29 is 4.42 Å². The zero-order valence-electron chi connectivity index (χ0n) is 9.57. The van der Waals surface area contributed by atoms with Gasteiger partial charge in [-0.25, -0.2) is 9.97 Å². The number of aryl methyl sites for hydroxylation is 2. The summed E-state index contributed by atoms with van der Waals surface area (Å²) < 4.78 is 5.38. The van der Waals surface area contributed by atoms with Crippen LogP contribution in [0.15, 0.2) is 15.5 Å². The highest BCUT2D eigenvalue weighted by molar-refractivity contribution is 5.58. The van der Waals surface area contributed by atoms with Crippen LogP contribution in [-0.4, -0.2) is 15.0 Å². The van der Waals surface area contributed by atoms with Crippen LogP contribution in [0.2, 0.25) is 0 Å². The van der Waals surface area contributed by atoms with Crippen molar-refractivity contribution in [2.24, 2.45) is 0 Å². The maximum absolute atomic E-state index is 11.2. The molecule has 17 heavy (non-hydrogen) atoms. The normalized spacial score (nSPS) is 10.5. The fourth-order valence-electron chi connectivity index (χ4n) is 1.33. The average Bonchev–Trinajstić information content (AvgIpc) is 2.61. The number of H-pyrrole nitrogens is 1. The largest absolute Gasteiger partial charge is 0.444 e. The molecule has 0 spiro atoms. The highest BCUT2D eigenvalue weighted by Crippen LogP contribution is 2.12. The van der Waals surface area contributed by atoms with Crippen LogP contribution in [0.25, 0.3) is 0 Å². The summed E-state index contributed by atoms with van der Waals surface area (Å²) >= 11 is 0. The molecular formula is C10H13N5O2. The minimum atomic E-state index is -0.373. The van der Waals surface area contributed by atoms with Crippen molar-refractivity contribution in [3.63, 3.8) is 0 Å². The van der Waals surface area contributed by atoms with E-state index in [2.05, 4.69) is 20.3 Å². The molecule has 0 aromatic carbocycles. The summed E-state index contributed by atoms with van der Waals surface area (Å²) in [5.74, 6) is 1.62. The number of rotatable bonds is 3. The fourth-order valence-corrected chi connectivity index (χ4v) is 1.33. The SMILES string of the molecule is Cc1nc(CNc2nc[nH]c(=O)c2N)oc1C. The van der Waals surface area contributed by atoms with Gasteiger partial charge < -0.3 is 20.5 Å². The topological polar surface area (TPSA) is 110 Å². The average molecular weight is 235 g/mol. The predicted molar refractivity (Wildman–Crippen MR) is 62.6 cm³/mol. The number of nitrogens with two attached hydrogens (primary N) is 1. The smallest absolute Gasteiger partial charge is 0.276 e. The Hall–Kier alpha value is -2.31. The molecule has 0 aliphatic carbocycles. The summed E-state index contributed by atoms with van der Waals surface area (Å²) in [5, 5.41) is 2.90. The summed E-state index contributed by atoms with van der Waals surface area (Å²) in [4.78, 5) is 21.7. The van der Waals surface area contributed by atoms with Gasteiger partial charge in [-0.05, 0) is 13.8 Å². The molecule has 2 aromatic heterocycles. The van der Waals surface area contributed by atoms with Crippen molar-refractivity contribution in [2.75, 3.05) is 11.1 Å². The summed E-state index contributed by atoms with van der Waals surface area (Å²) in [5.41, 5.74) is 6.08. The van der Waals surface area contributed by atoms with Gasteiger partial charge in [-0.3, -0.25) is 4.79 Å². The molecule has 2 heterocycles. The van der Waals surface area contributed by atoms with Gasteiger partial charge in [0.15, 0.2) is 5.82 Å². The number of aromatic amines is 1. The van der Waals surface area contributed by atoms with Crippen LogP contribution in [0.5, 0.6) is 0 Å². The van der Waals surface area contributed by atoms with Gasteiger partial charge >= 0.3 is 0 Å². The first kappa shape index (κ1) is 11.2. The maximum Gasteiger partial charge on any atom is 0.276 e. The van der Waals surface area contributed by atoms with Gasteiger partial charge in [0.25, 0.3) is 5.56 Å². The van der Waals surface area contributed by atoms with Crippen LogP contribution in [0.3, 0.4) is 0 Å². The van der Waals surface area contributed by atoms with Gasteiger partial charge in [0.1, 0.15) is 11.4 Å². The van der Waals surface area contributed by atoms with Crippen molar-refractivity contribution in [2.45, 2.75) is 20.4 Å². The number of hydrogen-bond acceptors (Lipinski definition) is 6. The number of nitrogens with zero attached hydrogens (tertiary/aromatic N) is 2. The Morgan fingerprint density at radius 2 is 2.29 bits per heavy atom. The second-order valence-corrected chi connectivity index (χ2v) is 3.60. The van der Waals surface area contributed by atoms with Gasteiger partial charge in [-0.2, -0.15) is 0 Å². The van der Waals surface area contributed by atoms with E-state index in [0.717, 1.165) is 11.5 Å². The van der Waals surface area contributed by atoms with E-state index in [0.29, 0.717) is 18.3 Å². The molecule has 0 amide bonds. The highest BCUT2D eigenvalue weighted by Gasteiger charge is 2.08. The zero-order valence-corrected chi connectivity index (χ0v) is 9.57. The third-order valence-electron chi connectivity index (χ3n) is 2.37.